The summed E-state index contributed by atoms with van der Waals surface area (Å²) in [4.78, 5) is 35.2. The second-order valence-corrected chi connectivity index (χ2v) is 7.61. The van der Waals surface area contributed by atoms with Crippen molar-refractivity contribution in [2.45, 2.75) is 19.4 Å². The number of amides is 2. The number of carbonyl (C=O) groups is 3. The van der Waals surface area contributed by atoms with Gasteiger partial charge in [-0.1, -0.05) is 60.7 Å². The predicted octanol–water partition coefficient (Wildman–Crippen LogP) is 4.10. The number of carbonyl (C=O) groups excluding carboxylic acids is 2. The Morgan fingerprint density at radius 1 is 0.848 bits per heavy atom. The minimum absolute atomic E-state index is 0.0491. The molecule has 0 saturated carbocycles. The lowest BCUT2D eigenvalue weighted by Crippen LogP contribution is -2.23. The molecule has 33 heavy (non-hydrogen) atoms. The molecular formula is C26H23N3O4. The summed E-state index contributed by atoms with van der Waals surface area (Å²) in [6.07, 6.45) is -0.241. The van der Waals surface area contributed by atoms with Crippen molar-refractivity contribution in [3.8, 4) is 0 Å². The Hall–Kier alpha value is -4.39. The number of carboxylic acid groups (broad SMARTS) is 1. The Labute approximate surface area is 191 Å². The SMILES string of the molecule is O=C(O)CCC(=O)NCc1ccc(NC(=C2C(=O)Nc3ccccc32)c2ccccc2)cc1. The third-order valence-electron chi connectivity index (χ3n) is 5.26. The van der Waals surface area contributed by atoms with Gasteiger partial charge in [0.1, 0.15) is 0 Å². The van der Waals surface area contributed by atoms with Gasteiger partial charge in [0.15, 0.2) is 0 Å². The van der Waals surface area contributed by atoms with E-state index in [1.807, 2.05) is 78.9 Å². The monoisotopic (exact) mass is 441 g/mol. The standard InChI is InChI=1S/C26H23N3O4/c30-22(14-15-23(31)32)27-16-17-10-12-19(13-11-17)28-25(18-6-2-1-3-7-18)24-20-8-4-5-9-21(20)29-26(24)33/h1-13,28H,14-16H2,(H,27,30)(H,29,33)(H,31,32). The number of aliphatic carboxylic acids is 1. The van der Waals surface area contributed by atoms with E-state index in [0.717, 1.165) is 28.1 Å². The minimum atomic E-state index is -0.998. The molecule has 4 rings (SSSR count). The second kappa shape index (κ2) is 9.82. The summed E-state index contributed by atoms with van der Waals surface area (Å²) in [5.41, 5.74) is 5.45. The molecule has 166 valence electrons. The lowest BCUT2D eigenvalue weighted by molar-refractivity contribution is -0.138. The average Bonchev–Trinajstić information content (AvgIpc) is 3.16. The molecule has 7 heteroatoms. The summed E-state index contributed by atoms with van der Waals surface area (Å²) in [6, 6.07) is 24.7. The minimum Gasteiger partial charge on any atom is -0.481 e. The zero-order valence-electron chi connectivity index (χ0n) is 17.8. The molecule has 3 aromatic carbocycles. The van der Waals surface area contributed by atoms with E-state index in [4.69, 9.17) is 5.11 Å². The molecule has 0 radical (unpaired) electrons. The maximum Gasteiger partial charge on any atom is 0.303 e. The lowest BCUT2D eigenvalue weighted by Gasteiger charge is -2.15. The van der Waals surface area contributed by atoms with E-state index in [2.05, 4.69) is 16.0 Å². The maximum absolute atomic E-state index is 12.8. The molecular weight excluding hydrogens is 418 g/mol. The Balaban J connectivity index is 1.56. The quantitative estimate of drug-likeness (QED) is 0.394. The molecule has 4 N–H and O–H groups in total. The van der Waals surface area contributed by atoms with E-state index in [9.17, 15) is 14.4 Å². The van der Waals surface area contributed by atoms with Gasteiger partial charge >= 0.3 is 5.97 Å². The van der Waals surface area contributed by atoms with Crippen molar-refractivity contribution in [2.75, 3.05) is 10.6 Å². The molecule has 0 fully saturated rings. The summed E-state index contributed by atoms with van der Waals surface area (Å²) in [5.74, 6) is -1.47. The molecule has 2 amide bonds. The van der Waals surface area contributed by atoms with Crippen LogP contribution in [0.5, 0.6) is 0 Å². The van der Waals surface area contributed by atoms with Crippen LogP contribution in [0.2, 0.25) is 0 Å². The van der Waals surface area contributed by atoms with Crippen molar-refractivity contribution in [1.29, 1.82) is 0 Å². The Bertz CT molecular complexity index is 1220. The number of hydrogen-bond donors (Lipinski definition) is 4. The van der Waals surface area contributed by atoms with Gasteiger partial charge in [-0.05, 0) is 29.3 Å². The highest BCUT2D eigenvalue weighted by Crippen LogP contribution is 2.37. The average molecular weight is 441 g/mol. The third-order valence-corrected chi connectivity index (χ3v) is 5.26. The number of nitrogens with one attached hydrogen (secondary N) is 3. The summed E-state index contributed by atoms with van der Waals surface area (Å²) < 4.78 is 0. The number of anilines is 2. The molecule has 0 aromatic heterocycles. The fourth-order valence-corrected chi connectivity index (χ4v) is 3.61. The summed E-state index contributed by atoms with van der Waals surface area (Å²) in [5, 5.41) is 17.7. The zero-order valence-corrected chi connectivity index (χ0v) is 17.8. The number of carboxylic acids is 1. The Morgan fingerprint density at radius 3 is 2.27 bits per heavy atom. The van der Waals surface area contributed by atoms with Crippen LogP contribution in [0.4, 0.5) is 11.4 Å². The van der Waals surface area contributed by atoms with Crippen molar-refractivity contribution < 1.29 is 19.5 Å². The van der Waals surface area contributed by atoms with Crippen molar-refractivity contribution in [1.82, 2.24) is 5.32 Å². The smallest absolute Gasteiger partial charge is 0.303 e. The van der Waals surface area contributed by atoms with E-state index in [-0.39, 0.29) is 24.7 Å². The van der Waals surface area contributed by atoms with Crippen LogP contribution in [-0.4, -0.2) is 22.9 Å². The van der Waals surface area contributed by atoms with Crippen LogP contribution in [0.15, 0.2) is 78.9 Å². The van der Waals surface area contributed by atoms with Crippen LogP contribution >= 0.6 is 0 Å². The van der Waals surface area contributed by atoms with Crippen LogP contribution in [0.3, 0.4) is 0 Å². The van der Waals surface area contributed by atoms with Gasteiger partial charge in [-0.25, -0.2) is 0 Å². The van der Waals surface area contributed by atoms with Crippen molar-refractivity contribution in [3.05, 3.63) is 95.6 Å². The molecule has 0 saturated heterocycles. The zero-order chi connectivity index (χ0) is 23.2. The number of benzene rings is 3. The van der Waals surface area contributed by atoms with Crippen molar-refractivity contribution >= 4 is 40.4 Å². The molecule has 7 nitrogen and oxygen atoms in total. The first-order valence-electron chi connectivity index (χ1n) is 10.6. The second-order valence-electron chi connectivity index (χ2n) is 7.61. The highest BCUT2D eigenvalue weighted by molar-refractivity contribution is 6.37. The van der Waals surface area contributed by atoms with Crippen molar-refractivity contribution in [2.24, 2.45) is 0 Å². The van der Waals surface area contributed by atoms with Gasteiger partial charge < -0.3 is 21.1 Å². The molecule has 0 atom stereocenters. The Morgan fingerprint density at radius 2 is 1.55 bits per heavy atom. The number of para-hydroxylation sites is 1. The predicted molar refractivity (Wildman–Crippen MR) is 127 cm³/mol. The molecule has 1 aliphatic heterocycles. The molecule has 1 heterocycles. The first-order valence-corrected chi connectivity index (χ1v) is 10.6. The highest BCUT2D eigenvalue weighted by Gasteiger charge is 2.28. The van der Waals surface area contributed by atoms with Crippen LogP contribution in [-0.2, 0) is 20.9 Å². The number of fused-ring (bicyclic) bond motifs is 1. The van der Waals surface area contributed by atoms with Crippen LogP contribution in [0, 0.1) is 0 Å². The largest absolute Gasteiger partial charge is 0.481 e. The van der Waals surface area contributed by atoms with Crippen molar-refractivity contribution in [3.63, 3.8) is 0 Å². The summed E-state index contributed by atoms with van der Waals surface area (Å²) >= 11 is 0. The van der Waals surface area contributed by atoms with Crippen LogP contribution in [0.1, 0.15) is 29.5 Å². The third kappa shape index (κ3) is 5.27. The van der Waals surface area contributed by atoms with E-state index in [1.54, 1.807) is 0 Å². The molecule has 0 aliphatic carbocycles. The molecule has 0 unspecified atom stereocenters. The normalized spacial score (nSPS) is 13.6. The molecule has 1 aliphatic rings. The molecule has 3 aromatic rings. The van der Waals surface area contributed by atoms with Gasteiger partial charge in [-0.15, -0.1) is 0 Å². The molecule has 0 bridgehead atoms. The maximum atomic E-state index is 12.8. The van der Waals surface area contributed by atoms with Gasteiger partial charge in [-0.2, -0.15) is 0 Å². The highest BCUT2D eigenvalue weighted by atomic mass is 16.4. The van der Waals surface area contributed by atoms with Gasteiger partial charge in [0.2, 0.25) is 5.91 Å². The topological polar surface area (TPSA) is 108 Å². The Kier molecular flexibility index (Phi) is 6.50. The summed E-state index contributed by atoms with van der Waals surface area (Å²) in [7, 11) is 0. The van der Waals surface area contributed by atoms with E-state index < -0.39 is 5.97 Å². The van der Waals surface area contributed by atoms with Gasteiger partial charge in [0.25, 0.3) is 5.91 Å². The van der Waals surface area contributed by atoms with Gasteiger partial charge in [-0.3, -0.25) is 14.4 Å². The van der Waals surface area contributed by atoms with Crippen LogP contribution < -0.4 is 16.0 Å². The van der Waals surface area contributed by atoms with E-state index in [1.165, 1.54) is 0 Å². The molecule has 0 spiro atoms. The van der Waals surface area contributed by atoms with Crippen LogP contribution in [0.25, 0.3) is 11.3 Å². The van der Waals surface area contributed by atoms with Gasteiger partial charge in [0.05, 0.1) is 17.7 Å². The van der Waals surface area contributed by atoms with E-state index in [0.29, 0.717) is 17.8 Å². The van der Waals surface area contributed by atoms with Gasteiger partial charge in [0, 0.05) is 29.9 Å². The number of rotatable bonds is 8. The first-order chi connectivity index (χ1) is 16.0. The fourth-order valence-electron chi connectivity index (χ4n) is 3.61. The fraction of sp³-hybridized carbons (Fsp3) is 0.115. The number of hydrogen-bond acceptors (Lipinski definition) is 4. The lowest BCUT2D eigenvalue weighted by atomic mass is 10.00. The summed E-state index contributed by atoms with van der Waals surface area (Å²) in [6.45, 7) is 0.307. The van der Waals surface area contributed by atoms with E-state index >= 15 is 0 Å². The first kappa shape index (κ1) is 21.8.